The highest BCUT2D eigenvalue weighted by molar-refractivity contribution is 6.17. The van der Waals surface area contributed by atoms with E-state index in [2.05, 4.69) is 34.6 Å². The number of benzene rings is 1. The molecule has 0 unspecified atom stereocenters. The van der Waals surface area contributed by atoms with Gasteiger partial charge in [-0.25, -0.2) is 0 Å². The molecule has 0 fully saturated rings. The molecule has 0 radical (unpaired) electrons. The van der Waals surface area contributed by atoms with E-state index in [9.17, 15) is 0 Å². The van der Waals surface area contributed by atoms with Crippen molar-refractivity contribution in [2.75, 3.05) is 18.3 Å². The summed E-state index contributed by atoms with van der Waals surface area (Å²) in [7, 11) is 1.67. The Morgan fingerprint density at radius 2 is 1.95 bits per heavy atom. The van der Waals surface area contributed by atoms with Crippen LogP contribution in [0.3, 0.4) is 0 Å². The number of hydrogen-bond donors (Lipinski definition) is 1. The fraction of sp³-hybridized carbons (Fsp3) is 0.312. The van der Waals surface area contributed by atoms with Gasteiger partial charge in [-0.2, -0.15) is 0 Å². The van der Waals surface area contributed by atoms with Crippen LogP contribution in [0.4, 0.5) is 5.69 Å². The van der Waals surface area contributed by atoms with Gasteiger partial charge in [0.25, 0.3) is 0 Å². The summed E-state index contributed by atoms with van der Waals surface area (Å²) >= 11 is 5.72. The molecule has 3 nitrogen and oxygen atoms in total. The lowest BCUT2D eigenvalue weighted by Gasteiger charge is -2.09. The lowest BCUT2D eigenvalue weighted by Crippen LogP contribution is -2.03. The molecule has 20 heavy (non-hydrogen) atoms. The molecule has 2 rings (SSSR count). The number of pyridine rings is 1. The molecule has 4 heteroatoms. The fourth-order valence-electron chi connectivity index (χ4n) is 2.00. The Bertz CT molecular complexity index is 555. The number of nitrogens with zero attached hydrogens (tertiary/aromatic N) is 1. The van der Waals surface area contributed by atoms with E-state index < -0.39 is 0 Å². The Labute approximate surface area is 124 Å². The zero-order valence-electron chi connectivity index (χ0n) is 11.8. The summed E-state index contributed by atoms with van der Waals surface area (Å²) in [5.41, 5.74) is 4.25. The zero-order chi connectivity index (χ0) is 14.4. The number of hydrogen-bond acceptors (Lipinski definition) is 3. The summed E-state index contributed by atoms with van der Waals surface area (Å²) in [5.74, 6) is 1.49. The van der Waals surface area contributed by atoms with Crippen molar-refractivity contribution in [3.05, 3.63) is 53.3 Å². The van der Waals surface area contributed by atoms with Crippen molar-refractivity contribution >= 4 is 17.3 Å². The van der Waals surface area contributed by atoms with Gasteiger partial charge in [0.15, 0.2) is 0 Å². The highest BCUT2D eigenvalue weighted by Gasteiger charge is 2.01. The van der Waals surface area contributed by atoms with Crippen LogP contribution in [0.25, 0.3) is 0 Å². The Morgan fingerprint density at radius 1 is 1.20 bits per heavy atom. The summed E-state index contributed by atoms with van der Waals surface area (Å²) in [6.07, 6.45) is 0.901. The standard InChI is InChI=1S/C16H19ClN2O/c1-12-9-16(20-2)10-15(19-12)11-18-14-5-3-13(4-6-14)7-8-17/h3-6,9-10,18H,7-8,11H2,1-2H3. The molecule has 1 aromatic carbocycles. The monoisotopic (exact) mass is 290 g/mol. The van der Waals surface area contributed by atoms with Crippen LogP contribution in [0.2, 0.25) is 0 Å². The quantitative estimate of drug-likeness (QED) is 0.822. The van der Waals surface area contributed by atoms with Crippen LogP contribution >= 0.6 is 11.6 Å². The normalized spacial score (nSPS) is 10.3. The maximum atomic E-state index is 5.72. The predicted molar refractivity (Wildman–Crippen MR) is 83.7 cm³/mol. The highest BCUT2D eigenvalue weighted by atomic mass is 35.5. The van der Waals surface area contributed by atoms with Gasteiger partial charge in [-0.1, -0.05) is 12.1 Å². The predicted octanol–water partition coefficient (Wildman–Crippen LogP) is 3.79. The largest absolute Gasteiger partial charge is 0.497 e. The smallest absolute Gasteiger partial charge is 0.122 e. The number of aryl methyl sites for hydroxylation is 2. The molecule has 0 aliphatic rings. The van der Waals surface area contributed by atoms with E-state index in [1.54, 1.807) is 7.11 Å². The third-order valence-corrected chi connectivity index (χ3v) is 3.22. The molecule has 0 aliphatic carbocycles. The van der Waals surface area contributed by atoms with Gasteiger partial charge in [-0.15, -0.1) is 11.6 Å². The number of alkyl halides is 1. The first-order valence-corrected chi connectivity index (χ1v) is 7.15. The second-order valence-corrected chi connectivity index (χ2v) is 5.01. The highest BCUT2D eigenvalue weighted by Crippen LogP contribution is 2.15. The topological polar surface area (TPSA) is 34.1 Å². The van der Waals surface area contributed by atoms with Crippen molar-refractivity contribution in [2.45, 2.75) is 19.9 Å². The van der Waals surface area contributed by atoms with Crippen LogP contribution in [0.15, 0.2) is 36.4 Å². The van der Waals surface area contributed by atoms with Gasteiger partial charge in [0.1, 0.15) is 5.75 Å². The zero-order valence-corrected chi connectivity index (χ0v) is 12.6. The Kier molecular flexibility index (Phi) is 5.24. The van der Waals surface area contributed by atoms with E-state index in [0.717, 1.165) is 29.2 Å². The van der Waals surface area contributed by atoms with Crippen LogP contribution in [-0.4, -0.2) is 18.0 Å². The molecular weight excluding hydrogens is 272 g/mol. The number of aromatic nitrogens is 1. The van der Waals surface area contributed by atoms with Crippen LogP contribution in [0.5, 0.6) is 5.75 Å². The van der Waals surface area contributed by atoms with E-state index in [0.29, 0.717) is 12.4 Å². The number of anilines is 1. The van der Waals surface area contributed by atoms with Crippen molar-refractivity contribution in [2.24, 2.45) is 0 Å². The lowest BCUT2D eigenvalue weighted by atomic mass is 10.1. The first-order chi connectivity index (χ1) is 9.71. The average molecular weight is 291 g/mol. The Morgan fingerprint density at radius 3 is 2.60 bits per heavy atom. The molecule has 1 N–H and O–H groups in total. The van der Waals surface area contributed by atoms with Crippen LogP contribution in [0, 0.1) is 6.92 Å². The number of rotatable bonds is 6. The van der Waals surface area contributed by atoms with Gasteiger partial charge < -0.3 is 10.1 Å². The van der Waals surface area contributed by atoms with Crippen LogP contribution in [-0.2, 0) is 13.0 Å². The van der Waals surface area contributed by atoms with E-state index in [4.69, 9.17) is 16.3 Å². The molecule has 0 atom stereocenters. The summed E-state index contributed by atoms with van der Waals surface area (Å²) in [4.78, 5) is 4.48. The van der Waals surface area contributed by atoms with Crippen molar-refractivity contribution in [3.8, 4) is 5.75 Å². The SMILES string of the molecule is COc1cc(C)nc(CNc2ccc(CCCl)cc2)c1. The Balaban J connectivity index is 1.99. The second-order valence-electron chi connectivity index (χ2n) is 4.63. The first-order valence-electron chi connectivity index (χ1n) is 6.61. The second kappa shape index (κ2) is 7.15. The summed E-state index contributed by atoms with van der Waals surface area (Å²) < 4.78 is 5.25. The molecule has 2 aromatic rings. The van der Waals surface area contributed by atoms with Gasteiger partial charge in [-0.3, -0.25) is 4.98 Å². The Hall–Kier alpha value is -1.74. The molecule has 1 heterocycles. The molecule has 0 amide bonds. The van der Waals surface area contributed by atoms with Crippen molar-refractivity contribution in [1.29, 1.82) is 0 Å². The van der Waals surface area contributed by atoms with E-state index in [1.165, 1.54) is 5.56 Å². The number of halogens is 1. The maximum Gasteiger partial charge on any atom is 0.122 e. The molecule has 1 aromatic heterocycles. The van der Waals surface area contributed by atoms with Gasteiger partial charge in [-0.05, 0) is 31.0 Å². The third-order valence-electron chi connectivity index (χ3n) is 3.03. The van der Waals surface area contributed by atoms with Crippen molar-refractivity contribution in [1.82, 2.24) is 4.98 Å². The molecular formula is C16H19ClN2O. The van der Waals surface area contributed by atoms with Crippen molar-refractivity contribution in [3.63, 3.8) is 0 Å². The minimum atomic E-state index is 0.653. The van der Waals surface area contributed by atoms with E-state index >= 15 is 0 Å². The van der Waals surface area contributed by atoms with Crippen molar-refractivity contribution < 1.29 is 4.74 Å². The summed E-state index contributed by atoms with van der Waals surface area (Å²) in [6, 6.07) is 12.2. The minimum absolute atomic E-state index is 0.653. The molecule has 106 valence electrons. The van der Waals surface area contributed by atoms with Gasteiger partial charge in [0.05, 0.1) is 19.3 Å². The van der Waals surface area contributed by atoms with Crippen LogP contribution in [0.1, 0.15) is 17.0 Å². The van der Waals surface area contributed by atoms with E-state index in [1.807, 2.05) is 19.1 Å². The third kappa shape index (κ3) is 4.14. The van der Waals surface area contributed by atoms with Crippen LogP contribution < -0.4 is 10.1 Å². The number of nitrogens with one attached hydrogen (secondary N) is 1. The molecule has 0 saturated carbocycles. The molecule has 0 saturated heterocycles. The first kappa shape index (κ1) is 14.7. The lowest BCUT2D eigenvalue weighted by molar-refractivity contribution is 0.413. The van der Waals surface area contributed by atoms with E-state index in [-0.39, 0.29) is 0 Å². The summed E-state index contributed by atoms with van der Waals surface area (Å²) in [6.45, 7) is 2.64. The maximum absolute atomic E-state index is 5.72. The van der Waals surface area contributed by atoms with Gasteiger partial charge in [0.2, 0.25) is 0 Å². The van der Waals surface area contributed by atoms with Gasteiger partial charge in [0, 0.05) is 29.4 Å². The average Bonchev–Trinajstić information content (AvgIpc) is 2.46. The summed E-state index contributed by atoms with van der Waals surface area (Å²) in [5, 5.41) is 3.36. The fourth-order valence-corrected chi connectivity index (χ4v) is 2.22. The number of methoxy groups -OCH3 is 1. The molecule has 0 bridgehead atoms. The molecule has 0 aliphatic heterocycles. The molecule has 0 spiro atoms. The number of ether oxygens (including phenoxy) is 1. The van der Waals surface area contributed by atoms with Gasteiger partial charge >= 0.3 is 0 Å². The minimum Gasteiger partial charge on any atom is -0.497 e.